The van der Waals surface area contributed by atoms with E-state index in [4.69, 9.17) is 5.11 Å². The molecule has 2 rings (SSSR count). The van der Waals surface area contributed by atoms with Crippen molar-refractivity contribution in [3.63, 3.8) is 0 Å². The van der Waals surface area contributed by atoms with Crippen molar-refractivity contribution in [3.8, 4) is 0 Å². The quantitative estimate of drug-likeness (QED) is 0.599. The summed E-state index contributed by atoms with van der Waals surface area (Å²) in [5.41, 5.74) is 0. The summed E-state index contributed by atoms with van der Waals surface area (Å²) in [5, 5.41) is 14.5. The second kappa shape index (κ2) is 5.20. The lowest BCUT2D eigenvalue weighted by Gasteiger charge is -2.25. The van der Waals surface area contributed by atoms with Gasteiger partial charge in [-0.25, -0.2) is 0 Å². The summed E-state index contributed by atoms with van der Waals surface area (Å²) in [6, 6.07) is -0.217. The lowest BCUT2D eigenvalue weighted by Crippen LogP contribution is -2.44. The molecule has 1 aliphatic carbocycles. The van der Waals surface area contributed by atoms with Gasteiger partial charge in [-0.1, -0.05) is 12.2 Å². The highest BCUT2D eigenvalue weighted by atomic mass is 16.4. The molecule has 1 heterocycles. The Balaban J connectivity index is 1.96. The van der Waals surface area contributed by atoms with Crippen LogP contribution in [0, 0.1) is 11.8 Å². The van der Waals surface area contributed by atoms with E-state index in [1.807, 2.05) is 6.08 Å². The molecule has 0 saturated carbocycles. The molecule has 1 saturated heterocycles. The first-order chi connectivity index (χ1) is 8.58. The number of carboxylic acids is 1. The molecule has 0 aromatic heterocycles. The van der Waals surface area contributed by atoms with Crippen LogP contribution in [0.1, 0.15) is 19.3 Å². The fourth-order valence-corrected chi connectivity index (χ4v) is 2.39. The van der Waals surface area contributed by atoms with Crippen molar-refractivity contribution in [2.24, 2.45) is 11.8 Å². The monoisotopic (exact) mass is 252 g/mol. The number of amides is 2. The summed E-state index contributed by atoms with van der Waals surface area (Å²) in [6.45, 7) is 0.421. The Morgan fingerprint density at radius 2 is 1.94 bits per heavy atom. The molecular formula is C12H16N2O4. The SMILES string of the molecule is O=C1CC(NC(=O)[C@@H]2CC=CC[C@@H]2C(=O)O)CN1. The molecule has 98 valence electrons. The van der Waals surface area contributed by atoms with Crippen LogP contribution in [0.4, 0.5) is 0 Å². The third kappa shape index (κ3) is 2.69. The third-order valence-electron chi connectivity index (χ3n) is 3.41. The maximum absolute atomic E-state index is 12.0. The first-order valence-electron chi connectivity index (χ1n) is 6.03. The van der Waals surface area contributed by atoms with Crippen molar-refractivity contribution in [2.75, 3.05) is 6.54 Å². The van der Waals surface area contributed by atoms with E-state index in [0.29, 0.717) is 19.4 Å². The lowest BCUT2D eigenvalue weighted by molar-refractivity contribution is -0.147. The summed E-state index contributed by atoms with van der Waals surface area (Å²) < 4.78 is 0. The van der Waals surface area contributed by atoms with Gasteiger partial charge in [-0.05, 0) is 12.8 Å². The number of hydrogen-bond donors (Lipinski definition) is 3. The van der Waals surface area contributed by atoms with Crippen molar-refractivity contribution >= 4 is 17.8 Å². The molecule has 0 radical (unpaired) electrons. The van der Waals surface area contributed by atoms with Gasteiger partial charge in [0.15, 0.2) is 0 Å². The van der Waals surface area contributed by atoms with Gasteiger partial charge in [0, 0.05) is 13.0 Å². The molecule has 1 aliphatic heterocycles. The predicted octanol–water partition coefficient (Wildman–Crippen LogP) is -0.342. The van der Waals surface area contributed by atoms with Gasteiger partial charge < -0.3 is 15.7 Å². The first-order valence-corrected chi connectivity index (χ1v) is 6.03. The van der Waals surface area contributed by atoms with E-state index in [1.54, 1.807) is 6.08 Å². The van der Waals surface area contributed by atoms with Crippen LogP contribution in [-0.2, 0) is 14.4 Å². The predicted molar refractivity (Wildman–Crippen MR) is 62.5 cm³/mol. The van der Waals surface area contributed by atoms with E-state index >= 15 is 0 Å². The van der Waals surface area contributed by atoms with Crippen molar-refractivity contribution < 1.29 is 19.5 Å². The number of allylic oxidation sites excluding steroid dienone is 2. The number of carbonyl (C=O) groups is 3. The van der Waals surface area contributed by atoms with E-state index in [9.17, 15) is 14.4 Å². The highest BCUT2D eigenvalue weighted by Gasteiger charge is 2.35. The molecule has 0 bridgehead atoms. The van der Waals surface area contributed by atoms with Crippen molar-refractivity contribution in [1.29, 1.82) is 0 Å². The van der Waals surface area contributed by atoms with Crippen LogP contribution < -0.4 is 10.6 Å². The van der Waals surface area contributed by atoms with Gasteiger partial charge in [0.25, 0.3) is 0 Å². The number of aliphatic carboxylic acids is 1. The average Bonchev–Trinajstić information content (AvgIpc) is 2.74. The fraction of sp³-hybridized carbons (Fsp3) is 0.583. The summed E-state index contributed by atoms with van der Waals surface area (Å²) in [7, 11) is 0. The summed E-state index contributed by atoms with van der Waals surface area (Å²) >= 11 is 0. The van der Waals surface area contributed by atoms with Gasteiger partial charge in [0.2, 0.25) is 11.8 Å². The number of carboxylic acid groups (broad SMARTS) is 1. The normalized spacial score (nSPS) is 30.9. The number of hydrogen-bond acceptors (Lipinski definition) is 3. The summed E-state index contributed by atoms with van der Waals surface area (Å²) in [5.74, 6) is -2.50. The van der Waals surface area contributed by atoms with Gasteiger partial charge in [-0.2, -0.15) is 0 Å². The third-order valence-corrected chi connectivity index (χ3v) is 3.41. The molecular weight excluding hydrogens is 236 g/mol. The molecule has 18 heavy (non-hydrogen) atoms. The number of carbonyl (C=O) groups excluding carboxylic acids is 2. The fourth-order valence-electron chi connectivity index (χ4n) is 2.39. The number of rotatable bonds is 3. The van der Waals surface area contributed by atoms with Gasteiger partial charge in [0.1, 0.15) is 0 Å². The van der Waals surface area contributed by atoms with Gasteiger partial charge in [-0.3, -0.25) is 14.4 Å². The largest absolute Gasteiger partial charge is 0.481 e. The molecule has 3 N–H and O–H groups in total. The summed E-state index contributed by atoms with van der Waals surface area (Å²) in [6.07, 6.45) is 4.73. The second-order valence-corrected chi connectivity index (χ2v) is 4.71. The van der Waals surface area contributed by atoms with E-state index in [-0.39, 0.29) is 24.3 Å². The van der Waals surface area contributed by atoms with Crippen LogP contribution in [0.3, 0.4) is 0 Å². The van der Waals surface area contributed by atoms with Gasteiger partial charge in [0.05, 0.1) is 17.9 Å². The van der Waals surface area contributed by atoms with Crippen LogP contribution in [0.15, 0.2) is 12.2 Å². The smallest absolute Gasteiger partial charge is 0.307 e. The van der Waals surface area contributed by atoms with Crippen LogP contribution in [0.5, 0.6) is 0 Å². The Kier molecular flexibility index (Phi) is 3.64. The molecule has 0 spiro atoms. The topological polar surface area (TPSA) is 95.5 Å². The number of nitrogens with one attached hydrogen (secondary N) is 2. The minimum absolute atomic E-state index is 0.0846. The average molecular weight is 252 g/mol. The van der Waals surface area contributed by atoms with E-state index in [0.717, 1.165) is 0 Å². The highest BCUT2D eigenvalue weighted by molar-refractivity contribution is 5.87. The highest BCUT2D eigenvalue weighted by Crippen LogP contribution is 2.26. The van der Waals surface area contributed by atoms with E-state index in [1.165, 1.54) is 0 Å². The Labute approximate surface area is 104 Å². The first kappa shape index (κ1) is 12.6. The molecule has 1 unspecified atom stereocenters. The maximum Gasteiger partial charge on any atom is 0.307 e. The molecule has 0 aromatic rings. The zero-order chi connectivity index (χ0) is 13.1. The standard InChI is InChI=1S/C12H16N2O4/c15-10-5-7(6-13-10)14-11(16)8-3-1-2-4-9(8)12(17)18/h1-2,7-9H,3-6H2,(H,13,15)(H,14,16)(H,17,18)/t7?,8-,9+/m1/s1. The summed E-state index contributed by atoms with van der Waals surface area (Å²) in [4.78, 5) is 34.1. The van der Waals surface area contributed by atoms with Crippen LogP contribution in [0.25, 0.3) is 0 Å². The minimum atomic E-state index is -0.944. The van der Waals surface area contributed by atoms with Gasteiger partial charge in [-0.15, -0.1) is 0 Å². The Morgan fingerprint density at radius 1 is 1.28 bits per heavy atom. The minimum Gasteiger partial charge on any atom is -0.481 e. The maximum atomic E-state index is 12.0. The Bertz CT molecular complexity index is 405. The molecule has 6 nitrogen and oxygen atoms in total. The molecule has 2 aliphatic rings. The van der Waals surface area contributed by atoms with Crippen molar-refractivity contribution in [3.05, 3.63) is 12.2 Å². The second-order valence-electron chi connectivity index (χ2n) is 4.71. The van der Waals surface area contributed by atoms with Crippen molar-refractivity contribution in [2.45, 2.75) is 25.3 Å². The van der Waals surface area contributed by atoms with E-state index < -0.39 is 17.8 Å². The Hall–Kier alpha value is -1.85. The molecule has 6 heteroatoms. The van der Waals surface area contributed by atoms with E-state index in [2.05, 4.69) is 10.6 Å². The molecule has 1 fully saturated rings. The molecule has 3 atom stereocenters. The van der Waals surface area contributed by atoms with Crippen LogP contribution in [0.2, 0.25) is 0 Å². The van der Waals surface area contributed by atoms with Crippen molar-refractivity contribution in [1.82, 2.24) is 10.6 Å². The zero-order valence-electron chi connectivity index (χ0n) is 9.89. The molecule has 2 amide bonds. The zero-order valence-corrected chi connectivity index (χ0v) is 9.89. The Morgan fingerprint density at radius 3 is 2.50 bits per heavy atom. The molecule has 0 aromatic carbocycles. The van der Waals surface area contributed by atoms with Crippen LogP contribution in [-0.4, -0.2) is 35.5 Å². The van der Waals surface area contributed by atoms with Crippen LogP contribution >= 0.6 is 0 Å². The van der Waals surface area contributed by atoms with Gasteiger partial charge >= 0.3 is 5.97 Å². The lowest BCUT2D eigenvalue weighted by atomic mass is 9.82.